The van der Waals surface area contributed by atoms with E-state index in [9.17, 15) is 0 Å². The average molecular weight is 425 g/mol. The van der Waals surface area contributed by atoms with E-state index in [0.717, 1.165) is 3.43 Å². The highest BCUT2D eigenvalue weighted by molar-refractivity contribution is 14.1. The second-order valence-corrected chi connectivity index (χ2v) is 7.69. The lowest BCUT2D eigenvalue weighted by atomic mass is 8.38. The lowest BCUT2D eigenvalue weighted by molar-refractivity contribution is 1.79. The minimum absolute atomic E-state index is 0.711. The third-order valence-electron chi connectivity index (χ3n) is 5.12. The zero-order chi connectivity index (χ0) is 23.2. The van der Waals surface area contributed by atoms with E-state index in [1.54, 1.807) is 22.9 Å². The second kappa shape index (κ2) is 14.5. The molecule has 0 amide bonds. The third kappa shape index (κ3) is 8.38. The van der Waals surface area contributed by atoms with E-state index < -0.39 is 76.9 Å². The summed E-state index contributed by atoms with van der Waals surface area (Å²) in [6.07, 6.45) is -10.0. The summed E-state index contributed by atoms with van der Waals surface area (Å²) in [5.74, 6) is 0. The lowest BCUT2D eigenvalue weighted by Crippen LogP contribution is -2.86. The predicted molar refractivity (Wildman–Crippen MR) is 167 cm³/mol. The van der Waals surface area contributed by atoms with Crippen LogP contribution in [0.15, 0.2) is 0 Å². The fourth-order valence-corrected chi connectivity index (χ4v) is 4.61. The van der Waals surface area contributed by atoms with Gasteiger partial charge in [-0.25, -0.2) is 6.39 Å². The summed E-state index contributed by atoms with van der Waals surface area (Å²) in [4.78, 5) is 0. The highest BCUT2D eigenvalue weighted by Gasteiger charge is 2.47. The average Bonchev–Trinajstić information content (AvgIpc) is 2.51. The van der Waals surface area contributed by atoms with Crippen LogP contribution in [0.1, 0.15) is 0 Å². The van der Waals surface area contributed by atoms with Gasteiger partial charge in [-0.2, -0.15) is 0 Å². The molecule has 95 valence electrons. The highest BCUT2D eigenvalue weighted by atomic mass is 127. The van der Waals surface area contributed by atoms with Crippen molar-refractivity contribution in [1.82, 2.24) is 3.43 Å². The fraction of sp³-hybridized carbons (Fsp3) is 0. The van der Waals surface area contributed by atoms with Gasteiger partial charge >= 0.3 is 0 Å². The van der Waals surface area contributed by atoms with Gasteiger partial charge in [0.15, 0.2) is 0 Å². The Labute approximate surface area is 210 Å². The van der Waals surface area contributed by atoms with Crippen LogP contribution >= 0.6 is 22.9 Å². The van der Waals surface area contributed by atoms with Crippen molar-refractivity contribution in [3.8, 4) is 0 Å². The number of hydrogen-bond donors (Lipinski definition) is 1. The van der Waals surface area contributed by atoms with Crippen LogP contribution in [0.4, 0.5) is 0 Å². The van der Waals surface area contributed by atoms with Crippen LogP contribution in [-0.2, 0) is 0 Å². The molecule has 0 aromatic carbocycles. The molecule has 0 atom stereocenters. The van der Waals surface area contributed by atoms with E-state index >= 15 is 0 Å². The number of rotatable bonds is 13. The largest absolute Gasteiger partial charge is 0.729 e. The minimum atomic E-state index is -1.03. The van der Waals surface area contributed by atoms with Gasteiger partial charge in [-0.15, -0.1) is 6.39 Å². The molecule has 0 heterocycles. The Morgan fingerprint density at radius 3 is 1.32 bits per heavy atom. The topological polar surface area (TPSA) is 12.0 Å². The minimum Gasteiger partial charge on any atom is -0.729 e. The quantitative estimate of drug-likeness (QED) is 0.176. The molecule has 0 aromatic rings. The first-order chi connectivity index (χ1) is 13.2. The second-order valence-electron chi connectivity index (χ2n) is 7.13. The Morgan fingerprint density at radius 2 is 1.11 bits per heavy atom. The molecule has 0 rings (SSSR count). The smallest absolute Gasteiger partial charge is 0.129 e. The Kier molecular flexibility index (Phi) is 14.7. The molecular formula is HB26IN-4. The Balaban J connectivity index is 6.81. The van der Waals surface area contributed by atoms with Crippen molar-refractivity contribution in [2.45, 2.75) is 0 Å². The molecule has 0 aromatic heterocycles. The molecule has 1 N–H and O–H groups in total. The maximum absolute atomic E-state index is 8.40. The maximum atomic E-state index is 8.40. The Hall–Kier alpha value is 2.38. The van der Waals surface area contributed by atoms with Gasteiger partial charge in [-0.05, 0) is 36.0 Å². The summed E-state index contributed by atoms with van der Waals surface area (Å²) in [6, 6.07) is 0. The van der Waals surface area contributed by atoms with Crippen LogP contribution in [0.5, 0.6) is 0 Å². The summed E-state index contributed by atoms with van der Waals surface area (Å²) in [5, 5.41) is 0. The van der Waals surface area contributed by atoms with Crippen molar-refractivity contribution < 1.29 is 1.41 Å². The summed E-state index contributed by atoms with van der Waals surface area (Å²) >= 11 is 1.73. The molecule has 28 heavy (non-hydrogen) atoms. The molecule has 1 nitrogen and oxygen atoms in total. The van der Waals surface area contributed by atoms with Gasteiger partial charge in [0.05, 0.1) is 0 Å². The van der Waals surface area contributed by atoms with Crippen LogP contribution in [0, 0.1) is 0 Å². The number of hydrogen-bond acceptors (Lipinski definition) is 1. The highest BCUT2D eigenvalue weighted by Crippen LogP contribution is 2.11. The lowest BCUT2D eigenvalue weighted by Gasteiger charge is -2.55. The van der Waals surface area contributed by atoms with Gasteiger partial charge in [0.1, 0.15) is 8.04 Å². The van der Waals surface area contributed by atoms with E-state index in [1.807, 2.05) is 0 Å². The van der Waals surface area contributed by atoms with E-state index in [1.165, 1.54) is 7.06 Å². The molecular weight excluding hydrogens is 422 g/mol. The molecule has 28 heteroatoms. The van der Waals surface area contributed by atoms with E-state index in [0.29, 0.717) is 0 Å². The molecule has 0 saturated carbocycles. The Bertz CT molecular complexity index is 394. The van der Waals surface area contributed by atoms with Gasteiger partial charge < -0.3 is 40.8 Å². The SMILES string of the molecule is [3H]N(I)B(B(B([B])[B])B([B][B-])B([B-])[B-])B(B(B([B])[B])B([B])[B])B(B([B])[B])B([B])[B-]. The van der Waals surface area contributed by atoms with E-state index in [-0.39, 0.29) is 0 Å². The van der Waals surface area contributed by atoms with Crippen LogP contribution in [0.3, 0.4) is 0 Å². The first kappa shape index (κ1) is 28.4. The Morgan fingerprint density at radius 1 is 0.714 bits per heavy atom. The third-order valence-corrected chi connectivity index (χ3v) is 5.77. The number of nitrogens with one attached hydrogen (secondary N) is 1. The zero-order valence-corrected chi connectivity index (χ0v) is 18.0. The normalized spacial score (nSPS) is 10.3. The van der Waals surface area contributed by atoms with Gasteiger partial charge in [-0.3, -0.25) is 7.06 Å². The number of halogens is 1. The molecule has 31 radical (unpaired) electrons. The van der Waals surface area contributed by atoms with Crippen molar-refractivity contribution in [1.29, 1.82) is 0 Å². The van der Waals surface area contributed by atoms with Crippen molar-refractivity contribution >= 4 is 207 Å². The molecule has 0 bridgehead atoms. The van der Waals surface area contributed by atoms with Crippen molar-refractivity contribution in [2.24, 2.45) is 0 Å². The summed E-state index contributed by atoms with van der Waals surface area (Å²) in [5.41, 5.74) is 0. The van der Waals surface area contributed by atoms with Gasteiger partial charge in [-0.1, -0.05) is 0 Å². The maximum Gasteiger partial charge on any atom is 0.129 e. The summed E-state index contributed by atoms with van der Waals surface area (Å²) in [6.45, 7) is -0.876. The predicted octanol–water partition coefficient (Wildman–Crippen LogP) is -9.51. The van der Waals surface area contributed by atoms with Crippen molar-refractivity contribution in [3.63, 3.8) is 0 Å². The van der Waals surface area contributed by atoms with Crippen LogP contribution in [-0.4, -0.2) is 185 Å². The van der Waals surface area contributed by atoms with Crippen LogP contribution in [0.25, 0.3) is 0 Å². The van der Waals surface area contributed by atoms with E-state index in [4.69, 9.17) is 102 Å². The van der Waals surface area contributed by atoms with Gasteiger partial charge in [0.25, 0.3) is 0 Å². The van der Waals surface area contributed by atoms with Gasteiger partial charge in [0.2, 0.25) is 0 Å². The molecule has 0 aliphatic carbocycles. The van der Waals surface area contributed by atoms with E-state index in [2.05, 4.69) is 0 Å². The molecule has 0 unspecified atom stereocenters. The zero-order valence-electron chi connectivity index (χ0n) is 16.8. The molecule has 0 aliphatic rings. The van der Waals surface area contributed by atoms with Crippen molar-refractivity contribution in [3.05, 3.63) is 0 Å². The summed E-state index contributed by atoms with van der Waals surface area (Å²) in [7, 11) is 78.8. The fourth-order valence-electron chi connectivity index (χ4n) is 3.86. The molecule has 0 spiro atoms. The summed E-state index contributed by atoms with van der Waals surface area (Å²) < 4.78 is 9.46. The monoisotopic (exact) mass is 430 g/mol. The molecule has 0 aliphatic heterocycles. The first-order valence-corrected chi connectivity index (χ1v) is 9.73. The molecule has 0 saturated heterocycles. The van der Waals surface area contributed by atoms with Crippen LogP contribution < -0.4 is 3.43 Å². The van der Waals surface area contributed by atoms with Crippen molar-refractivity contribution in [2.75, 3.05) is 0 Å². The van der Waals surface area contributed by atoms with Gasteiger partial charge in [0, 0.05) is 108 Å². The standard InChI is InChI=1S/B26HIN/c1-14-21(15(2)3)24(20(12)13)26(28-27)25(22(16(4)5)17(6)7)23(18(8)9)19(10)11/h28H/q-4/i/hT. The molecule has 0 fully saturated rings. The first-order valence-electron chi connectivity index (χ1n) is 9.21. The van der Waals surface area contributed by atoms with Crippen LogP contribution in [0.2, 0.25) is 1.41 Å².